The molecule has 1 fully saturated rings. The second kappa shape index (κ2) is 6.70. The smallest absolute Gasteiger partial charge is 0.272 e. The molecule has 0 unspecified atom stereocenters. The van der Waals surface area contributed by atoms with Gasteiger partial charge in [0, 0.05) is 44.5 Å². The molecule has 0 aromatic carbocycles. The Bertz CT molecular complexity index is 587. The summed E-state index contributed by atoms with van der Waals surface area (Å²) < 4.78 is 0. The standard InChI is InChI=1S/C16H25N5O2/c1-20(2)14(22)10-21-8-6-11(7-9-21)17-16(23)15-12-4-3-5-13(12)18-19-15/h11H,3-10H2,1-2H3,(H,17,23)(H,18,19). The number of amides is 2. The number of aryl methyl sites for hydroxylation is 1. The van der Waals surface area contributed by atoms with E-state index in [9.17, 15) is 9.59 Å². The van der Waals surface area contributed by atoms with Crippen molar-refractivity contribution in [1.82, 2.24) is 25.3 Å². The van der Waals surface area contributed by atoms with Crippen molar-refractivity contribution in [3.8, 4) is 0 Å². The number of likely N-dealkylation sites (N-methyl/N-ethyl adjacent to an activating group) is 1. The largest absolute Gasteiger partial charge is 0.348 e. The van der Waals surface area contributed by atoms with Crippen molar-refractivity contribution in [2.75, 3.05) is 33.7 Å². The predicted molar refractivity (Wildman–Crippen MR) is 86.2 cm³/mol. The first-order valence-electron chi connectivity index (χ1n) is 8.34. The summed E-state index contributed by atoms with van der Waals surface area (Å²) in [6.07, 6.45) is 4.79. The van der Waals surface area contributed by atoms with Crippen molar-refractivity contribution in [2.24, 2.45) is 0 Å². The Morgan fingerprint density at radius 2 is 2.04 bits per heavy atom. The first-order valence-corrected chi connectivity index (χ1v) is 8.34. The molecule has 0 bridgehead atoms. The highest BCUT2D eigenvalue weighted by atomic mass is 16.2. The monoisotopic (exact) mass is 319 g/mol. The number of H-pyrrole nitrogens is 1. The number of piperidine rings is 1. The van der Waals surface area contributed by atoms with Crippen LogP contribution < -0.4 is 5.32 Å². The van der Waals surface area contributed by atoms with E-state index in [2.05, 4.69) is 20.4 Å². The van der Waals surface area contributed by atoms with Crippen LogP contribution >= 0.6 is 0 Å². The Hall–Kier alpha value is -1.89. The molecule has 2 aliphatic rings. The fourth-order valence-corrected chi connectivity index (χ4v) is 3.33. The Morgan fingerprint density at radius 3 is 2.74 bits per heavy atom. The third-order valence-corrected chi connectivity index (χ3v) is 4.80. The number of carbonyl (C=O) groups is 2. The molecule has 0 radical (unpaired) electrons. The van der Waals surface area contributed by atoms with Crippen molar-refractivity contribution in [2.45, 2.75) is 38.1 Å². The number of nitrogens with one attached hydrogen (secondary N) is 2. The molecule has 3 rings (SSSR count). The number of aromatic nitrogens is 2. The maximum Gasteiger partial charge on any atom is 0.272 e. The molecule has 0 spiro atoms. The lowest BCUT2D eigenvalue weighted by molar-refractivity contribution is -0.130. The van der Waals surface area contributed by atoms with E-state index in [1.807, 2.05) is 0 Å². The molecule has 0 saturated carbocycles. The van der Waals surface area contributed by atoms with Gasteiger partial charge in [-0.1, -0.05) is 0 Å². The Kier molecular flexibility index (Phi) is 4.66. The average molecular weight is 319 g/mol. The molecule has 23 heavy (non-hydrogen) atoms. The molecule has 126 valence electrons. The SMILES string of the molecule is CN(C)C(=O)CN1CCC(NC(=O)c2n[nH]c3c2CCC3)CC1. The number of likely N-dealkylation sites (tertiary alicyclic amines) is 1. The first-order chi connectivity index (χ1) is 11.0. The number of carbonyl (C=O) groups excluding carboxylic acids is 2. The highest BCUT2D eigenvalue weighted by molar-refractivity contribution is 5.94. The third-order valence-electron chi connectivity index (χ3n) is 4.80. The molecule has 1 aromatic heterocycles. The van der Waals surface area contributed by atoms with Crippen LogP contribution in [0.2, 0.25) is 0 Å². The molecule has 0 atom stereocenters. The molecule has 2 heterocycles. The minimum Gasteiger partial charge on any atom is -0.348 e. The minimum atomic E-state index is -0.0628. The van der Waals surface area contributed by atoms with Crippen molar-refractivity contribution in [3.05, 3.63) is 17.0 Å². The highest BCUT2D eigenvalue weighted by Gasteiger charge is 2.27. The Balaban J connectivity index is 1.49. The lowest BCUT2D eigenvalue weighted by Gasteiger charge is -2.32. The third kappa shape index (κ3) is 3.55. The summed E-state index contributed by atoms with van der Waals surface area (Å²) in [6.45, 7) is 2.13. The molecule has 7 heteroatoms. The zero-order valence-electron chi connectivity index (χ0n) is 13.9. The van der Waals surface area contributed by atoms with Gasteiger partial charge < -0.3 is 10.2 Å². The van der Waals surface area contributed by atoms with E-state index < -0.39 is 0 Å². The Labute approximate surface area is 136 Å². The minimum absolute atomic E-state index is 0.0628. The normalized spacial score (nSPS) is 18.7. The van der Waals surface area contributed by atoms with E-state index in [0.29, 0.717) is 12.2 Å². The van der Waals surface area contributed by atoms with Gasteiger partial charge in [-0.3, -0.25) is 19.6 Å². The molecule has 2 amide bonds. The number of rotatable bonds is 4. The van der Waals surface area contributed by atoms with Crippen LogP contribution in [-0.4, -0.2) is 71.6 Å². The van der Waals surface area contributed by atoms with Gasteiger partial charge in [-0.25, -0.2) is 0 Å². The molecular formula is C16H25N5O2. The molecule has 1 aliphatic heterocycles. The van der Waals surface area contributed by atoms with Crippen LogP contribution in [0.3, 0.4) is 0 Å². The molecule has 1 saturated heterocycles. The number of nitrogens with zero attached hydrogens (tertiary/aromatic N) is 3. The lowest BCUT2D eigenvalue weighted by Crippen LogP contribution is -2.47. The lowest BCUT2D eigenvalue weighted by atomic mass is 10.0. The fraction of sp³-hybridized carbons (Fsp3) is 0.688. The zero-order valence-corrected chi connectivity index (χ0v) is 13.9. The van der Waals surface area contributed by atoms with Crippen LogP contribution in [0.1, 0.15) is 41.0 Å². The maximum absolute atomic E-state index is 12.4. The summed E-state index contributed by atoms with van der Waals surface area (Å²) in [4.78, 5) is 27.9. The van der Waals surface area contributed by atoms with Gasteiger partial charge in [-0.15, -0.1) is 0 Å². The van der Waals surface area contributed by atoms with Gasteiger partial charge in [0.25, 0.3) is 5.91 Å². The van der Waals surface area contributed by atoms with Crippen LogP contribution in [0, 0.1) is 0 Å². The van der Waals surface area contributed by atoms with Gasteiger partial charge in [0.15, 0.2) is 5.69 Å². The molecular weight excluding hydrogens is 294 g/mol. The van der Waals surface area contributed by atoms with E-state index in [1.54, 1.807) is 19.0 Å². The summed E-state index contributed by atoms with van der Waals surface area (Å²) in [5.74, 6) is 0.0618. The van der Waals surface area contributed by atoms with Crippen LogP contribution in [0.15, 0.2) is 0 Å². The van der Waals surface area contributed by atoms with Crippen molar-refractivity contribution >= 4 is 11.8 Å². The Morgan fingerprint density at radius 1 is 1.30 bits per heavy atom. The quantitative estimate of drug-likeness (QED) is 0.829. The molecule has 2 N–H and O–H groups in total. The van der Waals surface area contributed by atoms with Crippen LogP contribution in [0.25, 0.3) is 0 Å². The first kappa shape index (κ1) is 16.0. The van der Waals surface area contributed by atoms with Crippen molar-refractivity contribution < 1.29 is 9.59 Å². The highest BCUT2D eigenvalue weighted by Crippen LogP contribution is 2.23. The topological polar surface area (TPSA) is 81.3 Å². The summed E-state index contributed by atoms with van der Waals surface area (Å²) in [5.41, 5.74) is 2.78. The van der Waals surface area contributed by atoms with Crippen molar-refractivity contribution in [3.63, 3.8) is 0 Å². The zero-order chi connectivity index (χ0) is 16.4. The maximum atomic E-state index is 12.4. The van der Waals surface area contributed by atoms with E-state index >= 15 is 0 Å². The summed E-state index contributed by atoms with van der Waals surface area (Å²) >= 11 is 0. The van der Waals surface area contributed by atoms with Gasteiger partial charge in [-0.2, -0.15) is 5.10 Å². The molecule has 1 aliphatic carbocycles. The number of aromatic amines is 1. The number of hydrogen-bond donors (Lipinski definition) is 2. The van der Waals surface area contributed by atoms with Crippen molar-refractivity contribution in [1.29, 1.82) is 0 Å². The number of fused-ring (bicyclic) bond motifs is 1. The number of hydrogen-bond acceptors (Lipinski definition) is 4. The van der Waals surface area contributed by atoms with Crippen LogP contribution in [0.4, 0.5) is 0 Å². The second-order valence-electron chi connectivity index (χ2n) is 6.69. The van der Waals surface area contributed by atoms with E-state index in [1.165, 1.54) is 0 Å². The van der Waals surface area contributed by atoms with Gasteiger partial charge in [0.05, 0.1) is 6.54 Å². The van der Waals surface area contributed by atoms with Gasteiger partial charge in [-0.05, 0) is 32.1 Å². The van der Waals surface area contributed by atoms with E-state index in [0.717, 1.165) is 56.5 Å². The van der Waals surface area contributed by atoms with Gasteiger partial charge in [0.2, 0.25) is 5.91 Å². The van der Waals surface area contributed by atoms with Gasteiger partial charge >= 0.3 is 0 Å². The second-order valence-corrected chi connectivity index (χ2v) is 6.69. The average Bonchev–Trinajstić information content (AvgIpc) is 3.11. The van der Waals surface area contributed by atoms with E-state index in [4.69, 9.17) is 0 Å². The molecule has 7 nitrogen and oxygen atoms in total. The van der Waals surface area contributed by atoms with Crippen LogP contribution in [-0.2, 0) is 17.6 Å². The summed E-state index contributed by atoms with van der Waals surface area (Å²) in [6, 6.07) is 0.168. The molecule has 1 aromatic rings. The summed E-state index contributed by atoms with van der Waals surface area (Å²) in [7, 11) is 3.55. The van der Waals surface area contributed by atoms with E-state index in [-0.39, 0.29) is 17.9 Å². The summed E-state index contributed by atoms with van der Waals surface area (Å²) in [5, 5.41) is 10.3. The van der Waals surface area contributed by atoms with Gasteiger partial charge in [0.1, 0.15) is 0 Å². The fourth-order valence-electron chi connectivity index (χ4n) is 3.33. The van der Waals surface area contributed by atoms with Crippen LogP contribution in [0.5, 0.6) is 0 Å². The predicted octanol–water partition coefficient (Wildman–Crippen LogP) is 0.181.